The van der Waals surface area contributed by atoms with Crippen LogP contribution in [0.5, 0.6) is 0 Å². The molecule has 1 aromatic heterocycles. The summed E-state index contributed by atoms with van der Waals surface area (Å²) >= 11 is 6.02. The summed E-state index contributed by atoms with van der Waals surface area (Å²) in [6.07, 6.45) is -1.07. The zero-order valence-corrected chi connectivity index (χ0v) is 12.1. The number of ether oxygens (including phenoxy) is 1. The van der Waals surface area contributed by atoms with Gasteiger partial charge in [-0.25, -0.2) is 4.98 Å². The normalized spacial score (nSPS) is 25.2. The minimum absolute atomic E-state index is 0.195. The molecule has 0 radical (unpaired) electrons. The quantitative estimate of drug-likeness (QED) is 0.856. The van der Waals surface area contributed by atoms with Crippen LogP contribution >= 0.6 is 11.6 Å². The van der Waals surface area contributed by atoms with Gasteiger partial charge in [0.05, 0.1) is 24.5 Å². The Morgan fingerprint density at radius 3 is 2.62 bits per heavy atom. The van der Waals surface area contributed by atoms with Gasteiger partial charge in [0.2, 0.25) is 0 Å². The molecule has 110 valence electrons. The van der Waals surface area contributed by atoms with Gasteiger partial charge in [0, 0.05) is 17.5 Å². The van der Waals surface area contributed by atoms with E-state index in [1.807, 2.05) is 36.4 Å². The molecule has 2 heterocycles. The predicted molar refractivity (Wildman–Crippen MR) is 80.0 cm³/mol. The molecule has 0 aliphatic carbocycles. The number of hydrogen-bond donors (Lipinski definition) is 2. The molecule has 3 rings (SSSR count). The summed E-state index contributed by atoms with van der Waals surface area (Å²) in [7, 11) is 0. The Labute approximate surface area is 128 Å². The van der Waals surface area contributed by atoms with Crippen molar-refractivity contribution in [1.82, 2.24) is 4.98 Å². The van der Waals surface area contributed by atoms with Crippen LogP contribution in [0.4, 0.5) is 0 Å². The van der Waals surface area contributed by atoms with Crippen molar-refractivity contribution in [1.29, 1.82) is 0 Å². The SMILES string of the molecule is OC[C@H]1O[C@@H](c2ccc(Cl)nc2-c2ccccc2)C[C@@H]1O. The van der Waals surface area contributed by atoms with Crippen molar-refractivity contribution in [3.63, 3.8) is 0 Å². The number of nitrogens with zero attached hydrogens (tertiary/aromatic N) is 1. The molecule has 1 saturated heterocycles. The Morgan fingerprint density at radius 2 is 1.95 bits per heavy atom. The number of aliphatic hydroxyl groups is 2. The average molecular weight is 306 g/mol. The van der Waals surface area contributed by atoms with E-state index in [0.717, 1.165) is 16.8 Å². The second-order valence-corrected chi connectivity index (χ2v) is 5.47. The second-order valence-electron chi connectivity index (χ2n) is 5.09. The number of halogens is 1. The van der Waals surface area contributed by atoms with Gasteiger partial charge in [-0.15, -0.1) is 0 Å². The molecule has 0 unspecified atom stereocenters. The number of aromatic nitrogens is 1. The molecule has 3 atom stereocenters. The molecule has 0 bridgehead atoms. The highest BCUT2D eigenvalue weighted by Gasteiger charge is 2.35. The highest BCUT2D eigenvalue weighted by Crippen LogP contribution is 2.37. The summed E-state index contributed by atoms with van der Waals surface area (Å²) in [5.41, 5.74) is 2.57. The predicted octanol–water partition coefficient (Wildman–Crippen LogP) is 2.59. The Morgan fingerprint density at radius 1 is 1.19 bits per heavy atom. The molecule has 21 heavy (non-hydrogen) atoms. The van der Waals surface area contributed by atoms with E-state index in [9.17, 15) is 10.2 Å². The van der Waals surface area contributed by atoms with Gasteiger partial charge >= 0.3 is 0 Å². The second kappa shape index (κ2) is 6.12. The van der Waals surface area contributed by atoms with E-state index >= 15 is 0 Å². The summed E-state index contributed by atoms with van der Waals surface area (Å²) in [6.45, 7) is -0.195. The highest BCUT2D eigenvalue weighted by molar-refractivity contribution is 6.29. The van der Waals surface area contributed by atoms with Crippen LogP contribution in [0, 0.1) is 0 Å². The van der Waals surface area contributed by atoms with Crippen LogP contribution in [0.1, 0.15) is 18.1 Å². The lowest BCUT2D eigenvalue weighted by Gasteiger charge is -2.16. The molecular weight excluding hydrogens is 290 g/mol. The first-order valence-corrected chi connectivity index (χ1v) is 7.23. The number of pyridine rings is 1. The molecule has 1 aliphatic heterocycles. The van der Waals surface area contributed by atoms with Crippen LogP contribution < -0.4 is 0 Å². The van der Waals surface area contributed by atoms with Crippen molar-refractivity contribution < 1.29 is 14.9 Å². The van der Waals surface area contributed by atoms with Crippen molar-refractivity contribution in [2.45, 2.75) is 24.7 Å². The van der Waals surface area contributed by atoms with Gasteiger partial charge in [0.25, 0.3) is 0 Å². The van der Waals surface area contributed by atoms with E-state index in [0.29, 0.717) is 11.6 Å². The minimum Gasteiger partial charge on any atom is -0.394 e. The zero-order chi connectivity index (χ0) is 14.8. The van der Waals surface area contributed by atoms with Crippen LogP contribution in [-0.2, 0) is 4.74 Å². The maximum absolute atomic E-state index is 9.91. The molecule has 0 spiro atoms. The lowest BCUT2D eigenvalue weighted by molar-refractivity contribution is -0.0224. The van der Waals surface area contributed by atoms with Gasteiger partial charge in [-0.1, -0.05) is 48.0 Å². The maximum Gasteiger partial charge on any atom is 0.129 e. The van der Waals surface area contributed by atoms with Gasteiger partial charge in [-0.3, -0.25) is 0 Å². The third kappa shape index (κ3) is 2.94. The molecule has 1 fully saturated rings. The van der Waals surface area contributed by atoms with Crippen LogP contribution in [0.2, 0.25) is 5.15 Å². The lowest BCUT2D eigenvalue weighted by atomic mass is 9.99. The van der Waals surface area contributed by atoms with E-state index in [4.69, 9.17) is 16.3 Å². The van der Waals surface area contributed by atoms with Crippen molar-refractivity contribution in [3.05, 3.63) is 53.2 Å². The fourth-order valence-electron chi connectivity index (χ4n) is 2.63. The Balaban J connectivity index is 2.00. The van der Waals surface area contributed by atoms with E-state index < -0.39 is 12.2 Å². The van der Waals surface area contributed by atoms with Gasteiger partial charge in [-0.05, 0) is 6.07 Å². The van der Waals surface area contributed by atoms with Gasteiger partial charge in [-0.2, -0.15) is 0 Å². The number of aliphatic hydroxyl groups excluding tert-OH is 2. The maximum atomic E-state index is 9.91. The summed E-state index contributed by atoms with van der Waals surface area (Å²) in [5, 5.41) is 19.5. The van der Waals surface area contributed by atoms with Crippen LogP contribution in [0.25, 0.3) is 11.3 Å². The topological polar surface area (TPSA) is 62.6 Å². The fraction of sp³-hybridized carbons (Fsp3) is 0.312. The standard InChI is InChI=1S/C16H16ClNO3/c17-15-7-6-11(13-8-12(20)14(9-19)21-13)16(18-15)10-4-2-1-3-5-10/h1-7,12-14,19-20H,8-9H2/t12-,13+,14+/m0/s1. The van der Waals surface area contributed by atoms with Crippen LogP contribution in [0.15, 0.2) is 42.5 Å². The number of benzene rings is 1. The molecule has 0 saturated carbocycles. The van der Waals surface area contributed by atoms with Crippen molar-refractivity contribution in [2.24, 2.45) is 0 Å². The van der Waals surface area contributed by atoms with Gasteiger partial charge in [0.1, 0.15) is 11.3 Å². The molecule has 0 amide bonds. The third-order valence-electron chi connectivity index (χ3n) is 3.69. The average Bonchev–Trinajstić information content (AvgIpc) is 2.89. The molecule has 4 nitrogen and oxygen atoms in total. The van der Waals surface area contributed by atoms with Gasteiger partial charge < -0.3 is 14.9 Å². The van der Waals surface area contributed by atoms with E-state index in [-0.39, 0.29) is 12.7 Å². The number of hydrogen-bond acceptors (Lipinski definition) is 4. The lowest BCUT2D eigenvalue weighted by Crippen LogP contribution is -2.24. The number of rotatable bonds is 3. The van der Waals surface area contributed by atoms with Crippen molar-refractivity contribution in [3.8, 4) is 11.3 Å². The van der Waals surface area contributed by atoms with E-state index in [1.54, 1.807) is 6.07 Å². The van der Waals surface area contributed by atoms with Crippen LogP contribution in [0.3, 0.4) is 0 Å². The monoisotopic (exact) mass is 305 g/mol. The Bertz CT molecular complexity index is 620. The largest absolute Gasteiger partial charge is 0.394 e. The molecule has 1 aromatic carbocycles. The third-order valence-corrected chi connectivity index (χ3v) is 3.90. The van der Waals surface area contributed by atoms with Crippen molar-refractivity contribution in [2.75, 3.05) is 6.61 Å². The Kier molecular flexibility index (Phi) is 4.22. The van der Waals surface area contributed by atoms with Gasteiger partial charge in [0.15, 0.2) is 0 Å². The first-order valence-electron chi connectivity index (χ1n) is 6.85. The zero-order valence-electron chi connectivity index (χ0n) is 11.3. The van der Waals surface area contributed by atoms with E-state index in [2.05, 4.69) is 4.98 Å². The molecule has 2 N–H and O–H groups in total. The fourth-order valence-corrected chi connectivity index (χ4v) is 2.77. The summed E-state index contributed by atoms with van der Waals surface area (Å²) in [5.74, 6) is 0. The molecular formula is C16H16ClNO3. The molecule has 2 aromatic rings. The smallest absolute Gasteiger partial charge is 0.129 e. The molecule has 1 aliphatic rings. The molecule has 5 heteroatoms. The summed E-state index contributed by atoms with van der Waals surface area (Å²) in [6, 6.07) is 13.3. The Hall–Kier alpha value is -1.46. The summed E-state index contributed by atoms with van der Waals surface area (Å²) < 4.78 is 5.73. The highest BCUT2D eigenvalue weighted by atomic mass is 35.5. The first-order chi connectivity index (χ1) is 10.2. The minimum atomic E-state index is -0.667. The van der Waals surface area contributed by atoms with Crippen molar-refractivity contribution >= 4 is 11.6 Å². The summed E-state index contributed by atoms with van der Waals surface area (Å²) in [4.78, 5) is 4.41. The van der Waals surface area contributed by atoms with Crippen LogP contribution in [-0.4, -0.2) is 34.0 Å². The van der Waals surface area contributed by atoms with E-state index in [1.165, 1.54) is 0 Å². The first kappa shape index (κ1) is 14.5.